The summed E-state index contributed by atoms with van der Waals surface area (Å²) in [5, 5.41) is 17.5. The summed E-state index contributed by atoms with van der Waals surface area (Å²) in [6, 6.07) is 9.04. The first-order valence-electron chi connectivity index (χ1n) is 8.61. The molecule has 0 aliphatic carbocycles. The normalized spacial score (nSPS) is 17.2. The van der Waals surface area contributed by atoms with Crippen molar-refractivity contribution in [2.45, 2.75) is 13.0 Å². The van der Waals surface area contributed by atoms with Gasteiger partial charge < -0.3 is 14.9 Å². The van der Waals surface area contributed by atoms with Gasteiger partial charge in [-0.1, -0.05) is 35.0 Å². The summed E-state index contributed by atoms with van der Waals surface area (Å²) < 4.78 is 4.93. The first-order chi connectivity index (χ1) is 12.5. The van der Waals surface area contributed by atoms with Crippen LogP contribution in [-0.2, 0) is 4.79 Å². The lowest BCUT2D eigenvalue weighted by atomic mass is 10.1. The molecule has 0 bridgehead atoms. The Kier molecular flexibility index (Phi) is 6.26. The van der Waals surface area contributed by atoms with E-state index in [0.29, 0.717) is 29.7 Å². The van der Waals surface area contributed by atoms with Crippen molar-refractivity contribution in [1.82, 2.24) is 15.0 Å². The lowest BCUT2D eigenvalue weighted by Gasteiger charge is -2.35. The maximum absolute atomic E-state index is 12.1. The second-order valence-electron chi connectivity index (χ2n) is 6.49. The number of nitrogens with one attached hydrogen (secondary N) is 1. The maximum atomic E-state index is 12.1. The highest BCUT2D eigenvalue weighted by atomic mass is 35.5. The number of anilines is 1. The number of rotatable bonds is 6. The van der Waals surface area contributed by atoms with Crippen molar-refractivity contribution < 1.29 is 14.4 Å². The minimum Gasteiger partial charge on any atom is -0.387 e. The number of benzene rings is 1. The molecule has 26 heavy (non-hydrogen) atoms. The van der Waals surface area contributed by atoms with Gasteiger partial charge in [0.25, 0.3) is 0 Å². The van der Waals surface area contributed by atoms with Crippen LogP contribution in [0.4, 0.5) is 5.82 Å². The van der Waals surface area contributed by atoms with Crippen LogP contribution in [0.15, 0.2) is 34.9 Å². The Morgan fingerprint density at radius 2 is 2.00 bits per heavy atom. The largest absolute Gasteiger partial charge is 0.387 e. The molecule has 0 spiro atoms. The molecule has 1 aromatic carbocycles. The van der Waals surface area contributed by atoms with Crippen LogP contribution < -0.4 is 5.32 Å². The Morgan fingerprint density at radius 3 is 2.65 bits per heavy atom. The molecule has 2 aromatic rings. The summed E-state index contributed by atoms with van der Waals surface area (Å²) in [6.45, 7) is 5.73. The van der Waals surface area contributed by atoms with E-state index in [4.69, 9.17) is 16.1 Å². The molecule has 1 amide bonds. The van der Waals surface area contributed by atoms with Gasteiger partial charge in [0.1, 0.15) is 5.76 Å². The Bertz CT molecular complexity index is 744. The number of piperazine rings is 1. The topological polar surface area (TPSA) is 81.8 Å². The average molecular weight is 379 g/mol. The van der Waals surface area contributed by atoms with Gasteiger partial charge in [-0.25, -0.2) is 0 Å². The summed E-state index contributed by atoms with van der Waals surface area (Å²) in [5.74, 6) is 0.989. The Morgan fingerprint density at radius 1 is 1.31 bits per heavy atom. The van der Waals surface area contributed by atoms with E-state index in [1.807, 2.05) is 18.2 Å². The molecule has 0 saturated carbocycles. The van der Waals surface area contributed by atoms with Gasteiger partial charge in [-0.05, 0) is 13.0 Å². The van der Waals surface area contributed by atoms with E-state index in [1.165, 1.54) is 0 Å². The van der Waals surface area contributed by atoms with Gasteiger partial charge in [-0.15, -0.1) is 0 Å². The summed E-state index contributed by atoms with van der Waals surface area (Å²) in [4.78, 5) is 16.3. The number of amides is 1. The molecule has 1 aliphatic heterocycles. The Labute approximate surface area is 157 Å². The van der Waals surface area contributed by atoms with Gasteiger partial charge in [-0.2, -0.15) is 0 Å². The molecule has 1 atom stereocenters. The zero-order chi connectivity index (χ0) is 18.5. The molecular formula is C18H23ClN4O3. The third-order valence-corrected chi connectivity index (χ3v) is 4.77. The second-order valence-corrected chi connectivity index (χ2v) is 6.89. The smallest absolute Gasteiger partial charge is 0.239 e. The molecule has 0 radical (unpaired) electrons. The molecule has 8 heteroatoms. The number of aliphatic hydroxyl groups excluding tert-OH is 1. The first-order valence-corrected chi connectivity index (χ1v) is 8.99. The van der Waals surface area contributed by atoms with Crippen molar-refractivity contribution in [3.8, 4) is 0 Å². The fourth-order valence-corrected chi connectivity index (χ4v) is 3.29. The molecular weight excluding hydrogens is 356 g/mol. The predicted molar refractivity (Wildman–Crippen MR) is 99.2 cm³/mol. The number of aromatic nitrogens is 1. The summed E-state index contributed by atoms with van der Waals surface area (Å²) in [6.07, 6.45) is -0.617. The SMILES string of the molecule is Cc1cc(NC(=O)CN2CCN(C[C@@H](O)c3ccccc3Cl)CC2)no1. The van der Waals surface area contributed by atoms with Crippen LogP contribution in [-0.4, -0.2) is 65.2 Å². The average Bonchev–Trinajstić information content (AvgIpc) is 3.01. The number of aryl methyl sites for hydroxylation is 1. The number of hydrogen-bond acceptors (Lipinski definition) is 6. The van der Waals surface area contributed by atoms with Crippen LogP contribution >= 0.6 is 11.6 Å². The zero-order valence-electron chi connectivity index (χ0n) is 14.7. The van der Waals surface area contributed by atoms with Crippen molar-refractivity contribution >= 4 is 23.3 Å². The summed E-state index contributed by atoms with van der Waals surface area (Å²) in [5.41, 5.74) is 0.749. The van der Waals surface area contributed by atoms with Crippen LogP contribution in [0.3, 0.4) is 0 Å². The van der Waals surface area contributed by atoms with E-state index in [2.05, 4.69) is 20.3 Å². The van der Waals surface area contributed by atoms with Gasteiger partial charge >= 0.3 is 0 Å². The fourth-order valence-electron chi connectivity index (χ4n) is 3.03. The minimum absolute atomic E-state index is 0.108. The van der Waals surface area contributed by atoms with Gasteiger partial charge in [0, 0.05) is 49.4 Å². The molecule has 7 nitrogen and oxygen atoms in total. The number of aliphatic hydroxyl groups is 1. The highest BCUT2D eigenvalue weighted by Crippen LogP contribution is 2.23. The molecule has 1 aromatic heterocycles. The lowest BCUT2D eigenvalue weighted by molar-refractivity contribution is -0.117. The van der Waals surface area contributed by atoms with E-state index in [1.54, 1.807) is 19.1 Å². The number of carbonyl (C=O) groups excluding carboxylic acids is 1. The summed E-state index contributed by atoms with van der Waals surface area (Å²) in [7, 11) is 0. The third kappa shape index (κ3) is 5.04. The number of β-amino-alcohol motifs (C(OH)–C–C–N with tert-alkyl or cyclic N) is 1. The lowest BCUT2D eigenvalue weighted by Crippen LogP contribution is -2.49. The van der Waals surface area contributed by atoms with E-state index < -0.39 is 6.10 Å². The number of halogens is 1. The molecule has 2 N–H and O–H groups in total. The van der Waals surface area contributed by atoms with Crippen LogP contribution in [0.2, 0.25) is 5.02 Å². The standard InChI is InChI=1S/C18H23ClN4O3/c1-13-10-17(21-26-13)20-18(25)12-23-8-6-22(7-9-23)11-16(24)14-4-2-3-5-15(14)19/h2-5,10,16,24H,6-9,11-12H2,1H3,(H,20,21,25)/t16-/m1/s1. The number of nitrogens with zero attached hydrogens (tertiary/aromatic N) is 3. The molecule has 3 rings (SSSR count). The second kappa shape index (κ2) is 8.64. The third-order valence-electron chi connectivity index (χ3n) is 4.42. The molecule has 1 fully saturated rings. The number of carbonyl (C=O) groups is 1. The van der Waals surface area contributed by atoms with E-state index >= 15 is 0 Å². The quantitative estimate of drug-likeness (QED) is 0.799. The van der Waals surface area contributed by atoms with Crippen LogP contribution in [0.5, 0.6) is 0 Å². The van der Waals surface area contributed by atoms with Gasteiger partial charge in [-0.3, -0.25) is 14.6 Å². The van der Waals surface area contributed by atoms with Crippen molar-refractivity contribution in [3.63, 3.8) is 0 Å². The molecule has 140 valence electrons. The maximum Gasteiger partial charge on any atom is 0.239 e. The first kappa shape index (κ1) is 18.8. The highest BCUT2D eigenvalue weighted by Gasteiger charge is 2.22. The molecule has 0 unspecified atom stereocenters. The van der Waals surface area contributed by atoms with Gasteiger partial charge in [0.05, 0.1) is 12.6 Å². The molecule has 1 saturated heterocycles. The van der Waals surface area contributed by atoms with E-state index in [-0.39, 0.29) is 5.91 Å². The molecule has 1 aliphatic rings. The highest BCUT2D eigenvalue weighted by molar-refractivity contribution is 6.31. The van der Waals surface area contributed by atoms with Gasteiger partial charge in [0.15, 0.2) is 5.82 Å². The molecule has 2 heterocycles. The Hall–Kier alpha value is -1.93. The van der Waals surface area contributed by atoms with Crippen LogP contribution in [0, 0.1) is 6.92 Å². The van der Waals surface area contributed by atoms with Crippen molar-refractivity contribution in [1.29, 1.82) is 0 Å². The predicted octanol–water partition coefficient (Wildman–Crippen LogP) is 1.93. The van der Waals surface area contributed by atoms with Crippen LogP contribution in [0.1, 0.15) is 17.4 Å². The monoisotopic (exact) mass is 378 g/mol. The van der Waals surface area contributed by atoms with Crippen molar-refractivity contribution in [3.05, 3.63) is 46.7 Å². The fraction of sp³-hybridized carbons (Fsp3) is 0.444. The van der Waals surface area contributed by atoms with E-state index in [9.17, 15) is 9.90 Å². The zero-order valence-corrected chi connectivity index (χ0v) is 15.4. The van der Waals surface area contributed by atoms with Gasteiger partial charge in [0.2, 0.25) is 5.91 Å². The minimum atomic E-state index is -0.617. The van der Waals surface area contributed by atoms with Crippen molar-refractivity contribution in [2.24, 2.45) is 0 Å². The van der Waals surface area contributed by atoms with E-state index in [0.717, 1.165) is 31.7 Å². The van der Waals surface area contributed by atoms with Crippen molar-refractivity contribution in [2.75, 3.05) is 44.6 Å². The number of hydrogen-bond donors (Lipinski definition) is 2. The Balaban J connectivity index is 1.42. The van der Waals surface area contributed by atoms with Crippen LogP contribution in [0.25, 0.3) is 0 Å². The summed E-state index contributed by atoms with van der Waals surface area (Å²) >= 11 is 6.14.